The summed E-state index contributed by atoms with van der Waals surface area (Å²) in [6, 6.07) is 3.09. The van der Waals surface area contributed by atoms with Crippen LogP contribution >= 0.6 is 27.5 Å². The highest BCUT2D eigenvalue weighted by atomic mass is 79.9. The third-order valence-electron chi connectivity index (χ3n) is 1.54. The van der Waals surface area contributed by atoms with Crippen molar-refractivity contribution < 1.29 is 18.7 Å². The average molecular weight is 284 g/mol. The molecule has 0 N–H and O–H groups in total. The molecule has 0 radical (unpaired) electrons. The molecule has 1 aromatic carbocycles. The van der Waals surface area contributed by atoms with Crippen molar-refractivity contribution >= 4 is 33.5 Å². The molecule has 0 aliphatic heterocycles. The molecule has 0 aromatic heterocycles. The van der Waals surface area contributed by atoms with E-state index in [-0.39, 0.29) is 5.02 Å². The van der Waals surface area contributed by atoms with Gasteiger partial charge < -0.3 is 9.90 Å². The fourth-order valence-electron chi connectivity index (χ4n) is 0.809. The molecular formula is C8H3BrClF2O2-. The van der Waals surface area contributed by atoms with E-state index in [0.717, 1.165) is 12.1 Å². The fourth-order valence-corrected chi connectivity index (χ4v) is 1.24. The summed E-state index contributed by atoms with van der Waals surface area (Å²) in [5.74, 6) is -6.47. The first-order chi connectivity index (χ1) is 6.35. The number of hydrogen-bond acceptors (Lipinski definition) is 2. The maximum atomic E-state index is 12.9. The van der Waals surface area contributed by atoms with E-state index in [1.807, 2.05) is 0 Å². The van der Waals surface area contributed by atoms with Crippen LogP contribution in [0.4, 0.5) is 8.78 Å². The van der Waals surface area contributed by atoms with Crippen molar-refractivity contribution in [2.45, 2.75) is 5.92 Å². The molecule has 0 spiro atoms. The second-order valence-electron chi connectivity index (χ2n) is 2.49. The van der Waals surface area contributed by atoms with E-state index in [0.29, 0.717) is 4.47 Å². The number of alkyl halides is 2. The minimum absolute atomic E-state index is 0.0171. The summed E-state index contributed by atoms with van der Waals surface area (Å²) in [6.07, 6.45) is 0. The van der Waals surface area contributed by atoms with Gasteiger partial charge in [-0.2, -0.15) is 8.78 Å². The monoisotopic (exact) mass is 283 g/mol. The Morgan fingerprint density at radius 1 is 1.50 bits per heavy atom. The molecule has 14 heavy (non-hydrogen) atoms. The number of carbonyl (C=O) groups is 1. The lowest BCUT2D eigenvalue weighted by atomic mass is 10.1. The Kier molecular flexibility index (Phi) is 3.11. The Bertz CT molecular complexity index is 382. The first-order valence-electron chi connectivity index (χ1n) is 3.40. The molecule has 0 aliphatic carbocycles. The number of carboxylic acids is 1. The zero-order valence-electron chi connectivity index (χ0n) is 6.56. The Morgan fingerprint density at radius 3 is 2.50 bits per heavy atom. The number of carboxylic acid groups (broad SMARTS) is 1. The van der Waals surface area contributed by atoms with Crippen molar-refractivity contribution in [3.8, 4) is 0 Å². The molecule has 0 bridgehead atoms. The number of aliphatic carboxylic acids is 1. The predicted molar refractivity (Wildman–Crippen MR) is 48.1 cm³/mol. The van der Waals surface area contributed by atoms with Gasteiger partial charge in [-0.3, -0.25) is 0 Å². The van der Waals surface area contributed by atoms with Crippen LogP contribution in [0.3, 0.4) is 0 Å². The van der Waals surface area contributed by atoms with Gasteiger partial charge in [-0.25, -0.2) is 0 Å². The first-order valence-corrected chi connectivity index (χ1v) is 4.57. The average Bonchev–Trinajstić information content (AvgIpc) is 2.09. The van der Waals surface area contributed by atoms with Crippen molar-refractivity contribution in [3.05, 3.63) is 33.3 Å². The summed E-state index contributed by atoms with van der Waals surface area (Å²) in [6.45, 7) is 0. The Labute approximate surface area is 91.6 Å². The lowest BCUT2D eigenvalue weighted by molar-refractivity contribution is -0.331. The van der Waals surface area contributed by atoms with Crippen LogP contribution in [-0.4, -0.2) is 5.97 Å². The molecule has 2 nitrogen and oxygen atoms in total. The van der Waals surface area contributed by atoms with Gasteiger partial charge in [-0.1, -0.05) is 17.7 Å². The van der Waals surface area contributed by atoms with Gasteiger partial charge in [0.2, 0.25) is 0 Å². The molecular weight excluding hydrogens is 281 g/mol. The van der Waals surface area contributed by atoms with Crippen LogP contribution < -0.4 is 5.11 Å². The molecule has 0 saturated carbocycles. The SMILES string of the molecule is O=C([O-])C(F)(F)c1ccc(Br)c(Cl)c1. The van der Waals surface area contributed by atoms with Crippen LogP contribution in [0.1, 0.15) is 5.56 Å². The fraction of sp³-hybridized carbons (Fsp3) is 0.125. The van der Waals surface area contributed by atoms with Crippen LogP contribution in [0.5, 0.6) is 0 Å². The van der Waals surface area contributed by atoms with E-state index >= 15 is 0 Å². The van der Waals surface area contributed by atoms with Gasteiger partial charge in [-0.15, -0.1) is 0 Å². The lowest BCUT2D eigenvalue weighted by Crippen LogP contribution is -2.39. The van der Waals surface area contributed by atoms with E-state index in [1.54, 1.807) is 0 Å². The minimum Gasteiger partial charge on any atom is -0.544 e. The van der Waals surface area contributed by atoms with Crippen LogP contribution in [0, 0.1) is 0 Å². The van der Waals surface area contributed by atoms with E-state index in [2.05, 4.69) is 15.9 Å². The Balaban J connectivity index is 3.21. The molecule has 0 unspecified atom stereocenters. The van der Waals surface area contributed by atoms with Gasteiger partial charge in [0.15, 0.2) is 0 Å². The quantitative estimate of drug-likeness (QED) is 0.833. The molecule has 0 aliphatic rings. The van der Waals surface area contributed by atoms with Crippen LogP contribution in [-0.2, 0) is 10.7 Å². The topological polar surface area (TPSA) is 40.1 Å². The molecule has 1 aromatic rings. The highest BCUT2D eigenvalue weighted by Crippen LogP contribution is 2.32. The molecule has 76 valence electrons. The van der Waals surface area contributed by atoms with Crippen molar-refractivity contribution in [2.75, 3.05) is 0 Å². The van der Waals surface area contributed by atoms with E-state index in [9.17, 15) is 18.7 Å². The van der Waals surface area contributed by atoms with E-state index in [1.165, 1.54) is 6.07 Å². The summed E-state index contributed by atoms with van der Waals surface area (Å²) in [5, 5.41) is 10.1. The third kappa shape index (κ3) is 2.04. The molecule has 1 rings (SSSR count). The maximum Gasteiger partial charge on any atom is 0.312 e. The summed E-state index contributed by atoms with van der Waals surface area (Å²) < 4.78 is 26.1. The smallest absolute Gasteiger partial charge is 0.312 e. The largest absolute Gasteiger partial charge is 0.544 e. The Morgan fingerprint density at radius 2 is 2.07 bits per heavy atom. The van der Waals surface area contributed by atoms with Crippen LogP contribution in [0.25, 0.3) is 0 Å². The van der Waals surface area contributed by atoms with E-state index < -0.39 is 17.5 Å². The van der Waals surface area contributed by atoms with Gasteiger partial charge in [0.05, 0.1) is 5.02 Å². The van der Waals surface area contributed by atoms with Crippen LogP contribution in [0.2, 0.25) is 5.02 Å². The summed E-state index contributed by atoms with van der Waals surface area (Å²) in [7, 11) is 0. The van der Waals surface area contributed by atoms with Gasteiger partial charge in [0.1, 0.15) is 5.97 Å². The first kappa shape index (κ1) is 11.4. The van der Waals surface area contributed by atoms with Gasteiger partial charge in [0.25, 0.3) is 0 Å². The minimum atomic E-state index is -4.02. The Hall–Kier alpha value is -0.680. The highest BCUT2D eigenvalue weighted by molar-refractivity contribution is 9.10. The molecule has 6 heteroatoms. The third-order valence-corrected chi connectivity index (χ3v) is 2.77. The zero-order chi connectivity index (χ0) is 10.9. The predicted octanol–water partition coefficient (Wildman–Crippen LogP) is 1.94. The summed E-state index contributed by atoms with van der Waals surface area (Å²) in [5.41, 5.74) is -0.703. The second kappa shape index (κ2) is 3.82. The van der Waals surface area contributed by atoms with E-state index in [4.69, 9.17) is 11.6 Å². The molecule has 0 atom stereocenters. The number of carbonyl (C=O) groups excluding carboxylic acids is 1. The number of rotatable bonds is 2. The second-order valence-corrected chi connectivity index (χ2v) is 3.75. The van der Waals surface area contributed by atoms with Gasteiger partial charge >= 0.3 is 5.92 Å². The van der Waals surface area contributed by atoms with Gasteiger partial charge in [-0.05, 0) is 28.1 Å². The van der Waals surface area contributed by atoms with Crippen molar-refractivity contribution in [2.24, 2.45) is 0 Å². The number of halogens is 4. The molecule has 0 heterocycles. The number of benzene rings is 1. The highest BCUT2D eigenvalue weighted by Gasteiger charge is 2.33. The van der Waals surface area contributed by atoms with Crippen molar-refractivity contribution in [1.82, 2.24) is 0 Å². The summed E-state index contributed by atoms with van der Waals surface area (Å²) in [4.78, 5) is 10.1. The van der Waals surface area contributed by atoms with Gasteiger partial charge in [0, 0.05) is 10.0 Å². The normalized spacial score (nSPS) is 11.4. The molecule has 0 saturated heterocycles. The van der Waals surface area contributed by atoms with Crippen LogP contribution in [0.15, 0.2) is 22.7 Å². The molecule has 0 amide bonds. The standard InChI is InChI=1S/C8H4BrClF2O2/c9-5-2-1-4(3-6(5)10)8(11,12)7(13)14/h1-3H,(H,13,14)/p-1. The summed E-state index contributed by atoms with van der Waals surface area (Å²) >= 11 is 8.52. The number of hydrogen-bond donors (Lipinski definition) is 0. The zero-order valence-corrected chi connectivity index (χ0v) is 8.90. The molecule has 0 fully saturated rings. The van der Waals surface area contributed by atoms with Crippen molar-refractivity contribution in [1.29, 1.82) is 0 Å². The lowest BCUT2D eigenvalue weighted by Gasteiger charge is -2.17. The van der Waals surface area contributed by atoms with Crippen molar-refractivity contribution in [3.63, 3.8) is 0 Å². The maximum absolute atomic E-state index is 12.9.